The normalized spacial score (nSPS) is 16.7. The van der Waals surface area contributed by atoms with Crippen molar-refractivity contribution in [1.82, 2.24) is 10.2 Å². The van der Waals surface area contributed by atoms with Gasteiger partial charge in [0.1, 0.15) is 12.4 Å². The standard InChI is InChI=1S/C20H23IN2O3/c21-17-4-6-19(7-5-17)26-14-15-2-1-3-16(12-15)20(25)23-10-8-18(13-23)22-9-11-24/h1-7,12,18,22,24H,8-11,13-14H2. The fourth-order valence-electron chi connectivity index (χ4n) is 3.05. The molecule has 1 atom stereocenters. The Labute approximate surface area is 167 Å². The van der Waals surface area contributed by atoms with Gasteiger partial charge in [-0.3, -0.25) is 4.79 Å². The van der Waals surface area contributed by atoms with Crippen LogP contribution in [0.4, 0.5) is 0 Å². The third-order valence-electron chi connectivity index (χ3n) is 4.41. The highest BCUT2D eigenvalue weighted by molar-refractivity contribution is 14.1. The van der Waals surface area contributed by atoms with Gasteiger partial charge in [0.2, 0.25) is 0 Å². The highest BCUT2D eigenvalue weighted by Gasteiger charge is 2.26. The van der Waals surface area contributed by atoms with Crippen molar-refractivity contribution < 1.29 is 14.6 Å². The van der Waals surface area contributed by atoms with Gasteiger partial charge in [0.15, 0.2) is 0 Å². The minimum atomic E-state index is 0.0504. The summed E-state index contributed by atoms with van der Waals surface area (Å²) in [5.74, 6) is 0.869. The summed E-state index contributed by atoms with van der Waals surface area (Å²) >= 11 is 2.26. The van der Waals surface area contributed by atoms with Crippen LogP contribution in [0.2, 0.25) is 0 Å². The molecule has 1 unspecified atom stereocenters. The molecule has 0 saturated carbocycles. The highest BCUT2D eigenvalue weighted by Crippen LogP contribution is 2.18. The van der Waals surface area contributed by atoms with Crippen molar-refractivity contribution in [3.05, 3.63) is 63.2 Å². The molecule has 1 saturated heterocycles. The van der Waals surface area contributed by atoms with Crippen molar-refractivity contribution in [2.45, 2.75) is 19.1 Å². The molecule has 0 spiro atoms. The van der Waals surface area contributed by atoms with E-state index in [2.05, 4.69) is 27.9 Å². The molecule has 1 amide bonds. The average Bonchev–Trinajstić information content (AvgIpc) is 3.14. The summed E-state index contributed by atoms with van der Waals surface area (Å²) in [6, 6.07) is 15.8. The maximum atomic E-state index is 12.7. The second kappa shape index (κ2) is 9.34. The Morgan fingerprint density at radius 2 is 2.08 bits per heavy atom. The predicted octanol–water partition coefficient (Wildman–Crippen LogP) is 2.67. The van der Waals surface area contributed by atoms with Gasteiger partial charge in [0.05, 0.1) is 6.61 Å². The Morgan fingerprint density at radius 3 is 2.85 bits per heavy atom. The van der Waals surface area contributed by atoms with Crippen LogP contribution in [0.1, 0.15) is 22.3 Å². The Hall–Kier alpha value is -1.64. The first-order valence-electron chi connectivity index (χ1n) is 8.76. The molecule has 0 radical (unpaired) electrons. The number of hydrogen-bond acceptors (Lipinski definition) is 4. The molecule has 1 aliphatic rings. The summed E-state index contributed by atoms with van der Waals surface area (Å²) in [5, 5.41) is 12.2. The molecule has 1 fully saturated rings. The number of nitrogens with one attached hydrogen (secondary N) is 1. The molecule has 6 heteroatoms. The molecule has 0 aliphatic carbocycles. The van der Waals surface area contributed by atoms with E-state index in [-0.39, 0.29) is 18.6 Å². The summed E-state index contributed by atoms with van der Waals surface area (Å²) < 4.78 is 6.97. The smallest absolute Gasteiger partial charge is 0.253 e. The molecule has 2 N–H and O–H groups in total. The van der Waals surface area contributed by atoms with E-state index in [0.717, 1.165) is 24.3 Å². The molecule has 138 valence electrons. The summed E-state index contributed by atoms with van der Waals surface area (Å²) in [6.45, 7) is 2.54. The van der Waals surface area contributed by atoms with Crippen molar-refractivity contribution in [1.29, 1.82) is 0 Å². The number of aliphatic hydroxyl groups is 1. The van der Waals surface area contributed by atoms with Gasteiger partial charge in [-0.2, -0.15) is 0 Å². The molecule has 26 heavy (non-hydrogen) atoms. The van der Waals surface area contributed by atoms with Crippen LogP contribution in [-0.2, 0) is 6.61 Å². The van der Waals surface area contributed by atoms with Crippen molar-refractivity contribution in [2.75, 3.05) is 26.2 Å². The molecule has 1 heterocycles. The third-order valence-corrected chi connectivity index (χ3v) is 5.13. The number of hydrogen-bond donors (Lipinski definition) is 2. The molecule has 3 rings (SSSR count). The summed E-state index contributed by atoms with van der Waals surface area (Å²) in [7, 11) is 0. The van der Waals surface area contributed by atoms with Gasteiger partial charge in [-0.1, -0.05) is 12.1 Å². The number of aliphatic hydroxyl groups excluding tert-OH is 1. The van der Waals surface area contributed by atoms with Crippen molar-refractivity contribution in [3.63, 3.8) is 0 Å². The summed E-state index contributed by atoms with van der Waals surface area (Å²) in [6.07, 6.45) is 0.918. The largest absolute Gasteiger partial charge is 0.489 e. The summed E-state index contributed by atoms with van der Waals surface area (Å²) in [4.78, 5) is 14.6. The zero-order valence-corrected chi connectivity index (χ0v) is 16.7. The van der Waals surface area contributed by atoms with Crippen LogP contribution in [-0.4, -0.2) is 48.2 Å². The minimum absolute atomic E-state index is 0.0504. The van der Waals surface area contributed by atoms with Crippen LogP contribution in [0.15, 0.2) is 48.5 Å². The quantitative estimate of drug-likeness (QED) is 0.617. The fraction of sp³-hybridized carbons (Fsp3) is 0.350. The lowest BCUT2D eigenvalue weighted by Gasteiger charge is -2.17. The monoisotopic (exact) mass is 466 g/mol. The van der Waals surface area contributed by atoms with Gasteiger partial charge in [-0.05, 0) is 71.0 Å². The fourth-order valence-corrected chi connectivity index (χ4v) is 3.41. The zero-order chi connectivity index (χ0) is 18.4. The van der Waals surface area contributed by atoms with Gasteiger partial charge in [0, 0.05) is 34.8 Å². The first kappa shape index (κ1) is 19.1. The van der Waals surface area contributed by atoms with Crippen LogP contribution in [0.5, 0.6) is 5.75 Å². The van der Waals surface area contributed by atoms with E-state index in [0.29, 0.717) is 25.3 Å². The van der Waals surface area contributed by atoms with E-state index in [9.17, 15) is 4.79 Å². The van der Waals surface area contributed by atoms with E-state index in [1.54, 1.807) is 0 Å². The van der Waals surface area contributed by atoms with E-state index in [4.69, 9.17) is 9.84 Å². The van der Waals surface area contributed by atoms with E-state index >= 15 is 0 Å². The van der Waals surface area contributed by atoms with E-state index < -0.39 is 0 Å². The van der Waals surface area contributed by atoms with Crippen LogP contribution in [0, 0.1) is 3.57 Å². The number of carbonyl (C=O) groups is 1. The Balaban J connectivity index is 1.58. The number of rotatable bonds is 7. The molecule has 1 aliphatic heterocycles. The number of halogens is 1. The topological polar surface area (TPSA) is 61.8 Å². The maximum Gasteiger partial charge on any atom is 0.253 e. The van der Waals surface area contributed by atoms with Gasteiger partial charge >= 0.3 is 0 Å². The first-order valence-corrected chi connectivity index (χ1v) is 9.84. The minimum Gasteiger partial charge on any atom is -0.489 e. The third kappa shape index (κ3) is 5.18. The Kier molecular flexibility index (Phi) is 6.87. The number of amides is 1. The Morgan fingerprint density at radius 1 is 1.27 bits per heavy atom. The number of carbonyl (C=O) groups excluding carboxylic acids is 1. The van der Waals surface area contributed by atoms with Gasteiger partial charge in [-0.15, -0.1) is 0 Å². The van der Waals surface area contributed by atoms with Crippen molar-refractivity contribution in [3.8, 4) is 5.75 Å². The molecule has 2 aromatic rings. The molecule has 5 nitrogen and oxygen atoms in total. The van der Waals surface area contributed by atoms with Gasteiger partial charge in [-0.25, -0.2) is 0 Å². The second-order valence-electron chi connectivity index (χ2n) is 6.36. The highest BCUT2D eigenvalue weighted by atomic mass is 127. The van der Waals surface area contributed by atoms with Gasteiger partial charge in [0.25, 0.3) is 5.91 Å². The SMILES string of the molecule is O=C(c1cccc(COc2ccc(I)cc2)c1)N1CCC(NCCO)C1. The van der Waals surface area contributed by atoms with E-state index in [1.807, 2.05) is 53.4 Å². The average molecular weight is 466 g/mol. The lowest BCUT2D eigenvalue weighted by Crippen LogP contribution is -2.36. The maximum absolute atomic E-state index is 12.7. The number of ether oxygens (including phenoxy) is 1. The van der Waals surface area contributed by atoms with Gasteiger partial charge < -0.3 is 20.1 Å². The number of likely N-dealkylation sites (tertiary alicyclic amines) is 1. The molecule has 2 aromatic carbocycles. The molecule has 0 bridgehead atoms. The number of nitrogens with zero attached hydrogens (tertiary/aromatic N) is 1. The van der Waals surface area contributed by atoms with Crippen molar-refractivity contribution >= 4 is 28.5 Å². The van der Waals surface area contributed by atoms with Crippen molar-refractivity contribution in [2.24, 2.45) is 0 Å². The molecular weight excluding hydrogens is 443 g/mol. The summed E-state index contributed by atoms with van der Waals surface area (Å²) in [5.41, 5.74) is 1.67. The van der Waals surface area contributed by atoms with Crippen LogP contribution in [0.3, 0.4) is 0 Å². The number of benzene rings is 2. The first-order chi connectivity index (χ1) is 12.7. The Bertz CT molecular complexity index is 736. The van der Waals surface area contributed by atoms with Crippen LogP contribution >= 0.6 is 22.6 Å². The molecular formula is C20H23IN2O3. The van der Waals surface area contributed by atoms with Crippen LogP contribution < -0.4 is 10.1 Å². The predicted molar refractivity (Wildman–Crippen MR) is 109 cm³/mol. The second-order valence-corrected chi connectivity index (χ2v) is 7.60. The lowest BCUT2D eigenvalue weighted by atomic mass is 10.1. The zero-order valence-electron chi connectivity index (χ0n) is 14.5. The molecule has 0 aromatic heterocycles. The van der Waals surface area contributed by atoms with E-state index in [1.165, 1.54) is 3.57 Å². The lowest BCUT2D eigenvalue weighted by molar-refractivity contribution is 0.0789. The van der Waals surface area contributed by atoms with Crippen LogP contribution in [0.25, 0.3) is 0 Å².